The van der Waals surface area contributed by atoms with Gasteiger partial charge in [-0.15, -0.1) is 0 Å². The molecular formula is C26H32O4. The molecule has 0 bridgehead atoms. The van der Waals surface area contributed by atoms with Crippen LogP contribution in [0.4, 0.5) is 0 Å². The van der Waals surface area contributed by atoms with Crippen molar-refractivity contribution < 1.29 is 19.1 Å². The maximum Gasteiger partial charge on any atom is 0.343 e. The van der Waals surface area contributed by atoms with Gasteiger partial charge in [-0.2, -0.15) is 0 Å². The second-order valence-corrected chi connectivity index (χ2v) is 8.29. The molecule has 4 nitrogen and oxygen atoms in total. The molecule has 0 heterocycles. The van der Waals surface area contributed by atoms with Gasteiger partial charge in [0, 0.05) is 6.92 Å². The molecule has 0 unspecified atom stereocenters. The number of hydrogen-bond donors (Lipinski definition) is 0. The fourth-order valence-corrected chi connectivity index (χ4v) is 4.27. The standard InChI is InChI=1S/C26H32O4/c1-3-4-5-6-20-7-9-21(10-8-20)22-11-15-25(16-12-22)30-26(28)23-13-17-24(18-14-23)29-19(2)27/h11-18,20-21H,3-10H2,1-2H3. The number of rotatable bonds is 8. The van der Waals surface area contributed by atoms with Crippen LogP contribution in [-0.2, 0) is 4.79 Å². The zero-order chi connectivity index (χ0) is 21.3. The topological polar surface area (TPSA) is 52.6 Å². The van der Waals surface area contributed by atoms with Gasteiger partial charge in [0.2, 0.25) is 0 Å². The van der Waals surface area contributed by atoms with Crippen molar-refractivity contribution >= 4 is 11.9 Å². The Labute approximate surface area is 179 Å². The van der Waals surface area contributed by atoms with E-state index in [0.717, 1.165) is 5.92 Å². The zero-order valence-corrected chi connectivity index (χ0v) is 18.1. The fraction of sp³-hybridized carbons (Fsp3) is 0.462. The minimum atomic E-state index is -0.426. The van der Waals surface area contributed by atoms with E-state index >= 15 is 0 Å². The molecule has 1 aliphatic carbocycles. The minimum Gasteiger partial charge on any atom is -0.427 e. The van der Waals surface area contributed by atoms with Crippen LogP contribution in [0.1, 0.15) is 87.1 Å². The van der Waals surface area contributed by atoms with Crippen molar-refractivity contribution in [3.8, 4) is 11.5 Å². The molecule has 0 radical (unpaired) electrons. The predicted octanol–water partition coefficient (Wildman–Crippen LogP) is 6.69. The van der Waals surface area contributed by atoms with Crippen LogP contribution >= 0.6 is 0 Å². The van der Waals surface area contributed by atoms with Crippen LogP contribution in [0.5, 0.6) is 11.5 Å². The lowest BCUT2D eigenvalue weighted by Crippen LogP contribution is -2.13. The van der Waals surface area contributed by atoms with Crippen LogP contribution < -0.4 is 9.47 Å². The fourth-order valence-electron chi connectivity index (χ4n) is 4.27. The molecule has 2 aromatic carbocycles. The van der Waals surface area contributed by atoms with Crippen molar-refractivity contribution in [1.29, 1.82) is 0 Å². The van der Waals surface area contributed by atoms with E-state index in [4.69, 9.17) is 9.47 Å². The van der Waals surface area contributed by atoms with Crippen molar-refractivity contribution in [2.24, 2.45) is 5.92 Å². The van der Waals surface area contributed by atoms with Gasteiger partial charge in [0.1, 0.15) is 11.5 Å². The molecule has 1 aliphatic rings. The van der Waals surface area contributed by atoms with Crippen LogP contribution in [-0.4, -0.2) is 11.9 Å². The summed E-state index contributed by atoms with van der Waals surface area (Å²) in [5.41, 5.74) is 1.75. The third kappa shape index (κ3) is 6.45. The quantitative estimate of drug-likeness (QED) is 0.277. The Hall–Kier alpha value is -2.62. The SMILES string of the molecule is CCCCCC1CCC(c2ccc(OC(=O)c3ccc(OC(C)=O)cc3)cc2)CC1. The summed E-state index contributed by atoms with van der Waals surface area (Å²) in [7, 11) is 0. The number of carbonyl (C=O) groups is 2. The van der Waals surface area contributed by atoms with Gasteiger partial charge in [-0.05, 0) is 79.5 Å². The normalized spacial score (nSPS) is 18.6. The van der Waals surface area contributed by atoms with Crippen LogP contribution in [0.25, 0.3) is 0 Å². The van der Waals surface area contributed by atoms with E-state index in [9.17, 15) is 9.59 Å². The van der Waals surface area contributed by atoms with E-state index in [1.807, 2.05) is 12.1 Å². The van der Waals surface area contributed by atoms with Gasteiger partial charge in [0.25, 0.3) is 0 Å². The minimum absolute atomic E-state index is 0.393. The highest BCUT2D eigenvalue weighted by atomic mass is 16.5. The van der Waals surface area contributed by atoms with Gasteiger partial charge in [-0.1, -0.05) is 44.7 Å². The van der Waals surface area contributed by atoms with Crippen LogP contribution in [0.3, 0.4) is 0 Å². The van der Waals surface area contributed by atoms with Gasteiger partial charge in [0.15, 0.2) is 0 Å². The summed E-state index contributed by atoms with van der Waals surface area (Å²) in [4.78, 5) is 23.3. The number of carbonyl (C=O) groups excluding carboxylic acids is 2. The molecule has 1 saturated carbocycles. The maximum absolute atomic E-state index is 12.3. The van der Waals surface area contributed by atoms with E-state index in [2.05, 4.69) is 19.1 Å². The average Bonchev–Trinajstić information content (AvgIpc) is 2.75. The smallest absolute Gasteiger partial charge is 0.343 e. The second kappa shape index (κ2) is 11.0. The van der Waals surface area contributed by atoms with Gasteiger partial charge in [-0.25, -0.2) is 4.79 Å². The molecule has 0 spiro atoms. The van der Waals surface area contributed by atoms with E-state index in [1.54, 1.807) is 24.3 Å². The largest absolute Gasteiger partial charge is 0.427 e. The number of unbranched alkanes of at least 4 members (excludes halogenated alkanes) is 2. The lowest BCUT2D eigenvalue weighted by atomic mass is 9.77. The molecule has 0 N–H and O–H groups in total. The van der Waals surface area contributed by atoms with E-state index < -0.39 is 11.9 Å². The van der Waals surface area contributed by atoms with Crippen LogP contribution in [0.15, 0.2) is 48.5 Å². The van der Waals surface area contributed by atoms with Gasteiger partial charge >= 0.3 is 11.9 Å². The Morgan fingerprint density at radius 3 is 2.03 bits per heavy atom. The van der Waals surface area contributed by atoms with Gasteiger partial charge < -0.3 is 9.47 Å². The molecule has 0 aliphatic heterocycles. The maximum atomic E-state index is 12.3. The molecule has 4 heteroatoms. The van der Waals surface area contributed by atoms with Crippen LogP contribution in [0, 0.1) is 5.92 Å². The molecule has 1 fully saturated rings. The lowest BCUT2D eigenvalue weighted by molar-refractivity contribution is -0.131. The molecule has 0 atom stereocenters. The molecule has 30 heavy (non-hydrogen) atoms. The first-order valence-electron chi connectivity index (χ1n) is 11.2. The first-order valence-corrected chi connectivity index (χ1v) is 11.2. The Bertz CT molecular complexity index is 815. The monoisotopic (exact) mass is 408 g/mol. The third-order valence-electron chi connectivity index (χ3n) is 5.98. The second-order valence-electron chi connectivity index (χ2n) is 8.29. The molecule has 2 aromatic rings. The van der Waals surface area contributed by atoms with Crippen molar-refractivity contribution in [3.63, 3.8) is 0 Å². The summed E-state index contributed by atoms with van der Waals surface area (Å²) in [6.45, 7) is 3.60. The summed E-state index contributed by atoms with van der Waals surface area (Å²) in [5, 5.41) is 0. The highest BCUT2D eigenvalue weighted by Crippen LogP contribution is 2.38. The molecule has 0 aromatic heterocycles. The highest BCUT2D eigenvalue weighted by Gasteiger charge is 2.22. The molecule has 160 valence electrons. The lowest BCUT2D eigenvalue weighted by Gasteiger charge is -2.29. The third-order valence-corrected chi connectivity index (χ3v) is 5.98. The summed E-state index contributed by atoms with van der Waals surface area (Å²) < 4.78 is 10.5. The Morgan fingerprint density at radius 2 is 1.43 bits per heavy atom. The average molecular weight is 409 g/mol. The molecule has 3 rings (SSSR count). The van der Waals surface area contributed by atoms with E-state index in [-0.39, 0.29) is 0 Å². The summed E-state index contributed by atoms with van der Waals surface area (Å²) in [6, 6.07) is 14.3. The van der Waals surface area contributed by atoms with Crippen LogP contribution in [0.2, 0.25) is 0 Å². The van der Waals surface area contributed by atoms with E-state index in [1.165, 1.54) is 63.9 Å². The van der Waals surface area contributed by atoms with Gasteiger partial charge in [0.05, 0.1) is 5.56 Å². The number of esters is 2. The predicted molar refractivity (Wildman–Crippen MR) is 118 cm³/mol. The zero-order valence-electron chi connectivity index (χ0n) is 18.1. The van der Waals surface area contributed by atoms with Crippen molar-refractivity contribution in [2.75, 3.05) is 0 Å². The Balaban J connectivity index is 1.50. The summed E-state index contributed by atoms with van der Waals surface area (Å²) in [6.07, 6.45) is 10.6. The number of benzene rings is 2. The summed E-state index contributed by atoms with van der Waals surface area (Å²) >= 11 is 0. The van der Waals surface area contributed by atoms with Crippen molar-refractivity contribution in [1.82, 2.24) is 0 Å². The van der Waals surface area contributed by atoms with E-state index in [0.29, 0.717) is 23.0 Å². The first kappa shape index (κ1) is 22.1. The number of hydrogen-bond acceptors (Lipinski definition) is 4. The molecule has 0 amide bonds. The molecule has 0 saturated heterocycles. The molecular weight excluding hydrogens is 376 g/mol. The Morgan fingerprint density at radius 1 is 0.833 bits per heavy atom. The Kier molecular flexibility index (Phi) is 8.06. The highest BCUT2D eigenvalue weighted by molar-refractivity contribution is 5.91. The van der Waals surface area contributed by atoms with Gasteiger partial charge in [-0.3, -0.25) is 4.79 Å². The first-order chi connectivity index (χ1) is 14.5. The number of ether oxygens (including phenoxy) is 2. The summed E-state index contributed by atoms with van der Waals surface area (Å²) in [5.74, 6) is 1.65. The van der Waals surface area contributed by atoms with Crippen molar-refractivity contribution in [3.05, 3.63) is 59.7 Å². The van der Waals surface area contributed by atoms with Crippen molar-refractivity contribution in [2.45, 2.75) is 71.1 Å².